The Hall–Kier alpha value is -3.00. The van der Waals surface area contributed by atoms with Crippen LogP contribution in [0.15, 0.2) is 60.0 Å². The lowest BCUT2D eigenvalue weighted by Gasteiger charge is -2.28. The first-order chi connectivity index (χ1) is 16.6. The minimum absolute atomic E-state index is 0.117. The van der Waals surface area contributed by atoms with E-state index in [1.807, 2.05) is 0 Å². The number of benzene rings is 2. The van der Waals surface area contributed by atoms with E-state index in [4.69, 9.17) is 4.74 Å². The molecule has 1 fully saturated rings. The quantitative estimate of drug-likeness (QED) is 0.386. The molecule has 0 unspecified atom stereocenters. The second kappa shape index (κ2) is 10.1. The molecule has 5 rings (SSSR count). The number of morpholine rings is 1. The average Bonchev–Trinajstić information content (AvgIpc) is 3.35. The normalized spacial score (nSPS) is 15.1. The number of nitrogens with zero attached hydrogens (tertiary/aromatic N) is 4. The van der Waals surface area contributed by atoms with Gasteiger partial charge in [-0.05, 0) is 49.2 Å². The van der Waals surface area contributed by atoms with E-state index >= 15 is 0 Å². The van der Waals surface area contributed by atoms with Crippen molar-refractivity contribution in [3.63, 3.8) is 0 Å². The predicted octanol–water partition coefficient (Wildman–Crippen LogP) is 5.43. The van der Waals surface area contributed by atoms with Gasteiger partial charge in [-0.3, -0.25) is 0 Å². The second-order valence-electron chi connectivity index (χ2n) is 9.02. The lowest BCUT2D eigenvalue weighted by molar-refractivity contribution is 0.122. The number of nitrogens with one attached hydrogen (secondary N) is 1. The van der Waals surface area contributed by atoms with Gasteiger partial charge in [0.25, 0.3) is 0 Å². The summed E-state index contributed by atoms with van der Waals surface area (Å²) in [4.78, 5) is 5.75. The zero-order chi connectivity index (χ0) is 23.5. The first-order valence-corrected chi connectivity index (χ1v) is 12.6. The summed E-state index contributed by atoms with van der Waals surface area (Å²) in [6.07, 6.45) is 0. The van der Waals surface area contributed by atoms with Crippen molar-refractivity contribution in [3.8, 4) is 11.1 Å². The van der Waals surface area contributed by atoms with Gasteiger partial charge in [0, 0.05) is 35.3 Å². The first-order valence-electron chi connectivity index (χ1n) is 11.8. The van der Waals surface area contributed by atoms with Crippen LogP contribution < -0.4 is 10.2 Å². The second-order valence-corrected chi connectivity index (χ2v) is 9.96. The van der Waals surface area contributed by atoms with Crippen molar-refractivity contribution in [2.24, 2.45) is 0 Å². The van der Waals surface area contributed by atoms with Crippen LogP contribution in [0, 0.1) is 0 Å². The van der Waals surface area contributed by atoms with E-state index in [-0.39, 0.29) is 6.04 Å². The molecular formula is C27H31N5OS. The Balaban J connectivity index is 1.40. The van der Waals surface area contributed by atoms with E-state index in [0.717, 1.165) is 55.3 Å². The molecule has 7 heteroatoms. The standard InChI is InChI=1S/C27H31N5OS/c1-19(25-16-21(18-34-25)22-9-5-4-8-20(22)17-31(2)3)28-26-23-10-6-7-11-24(23)27(30-29-26)32-12-14-33-15-13-32/h4-11,16,18-19H,12-15,17H2,1-3H3,(H,28,29)/t19-/m1/s1. The van der Waals surface area contributed by atoms with E-state index in [0.29, 0.717) is 0 Å². The van der Waals surface area contributed by atoms with Crippen LogP contribution in [0.25, 0.3) is 21.9 Å². The molecule has 0 bridgehead atoms. The molecule has 4 aromatic rings. The van der Waals surface area contributed by atoms with Crippen LogP contribution >= 0.6 is 11.3 Å². The summed E-state index contributed by atoms with van der Waals surface area (Å²) in [6.45, 7) is 6.25. The van der Waals surface area contributed by atoms with E-state index in [1.54, 1.807) is 11.3 Å². The highest BCUT2D eigenvalue weighted by Crippen LogP contribution is 2.35. The molecule has 1 saturated heterocycles. The molecule has 0 saturated carbocycles. The highest BCUT2D eigenvalue weighted by Gasteiger charge is 2.19. The zero-order valence-electron chi connectivity index (χ0n) is 20.0. The molecule has 0 radical (unpaired) electrons. The van der Waals surface area contributed by atoms with Gasteiger partial charge in [0.1, 0.15) is 0 Å². The molecule has 1 aliphatic heterocycles. The number of hydrogen-bond acceptors (Lipinski definition) is 7. The van der Waals surface area contributed by atoms with Gasteiger partial charge in [0.05, 0.1) is 19.3 Å². The van der Waals surface area contributed by atoms with Crippen LogP contribution in [0.3, 0.4) is 0 Å². The predicted molar refractivity (Wildman–Crippen MR) is 142 cm³/mol. The molecule has 0 amide bonds. The van der Waals surface area contributed by atoms with Gasteiger partial charge in [-0.1, -0.05) is 48.5 Å². The Bertz CT molecular complexity index is 1260. The first kappa shape index (κ1) is 22.8. The van der Waals surface area contributed by atoms with Gasteiger partial charge < -0.3 is 19.9 Å². The molecule has 1 N–H and O–H groups in total. The average molecular weight is 474 g/mol. The van der Waals surface area contributed by atoms with Crippen molar-refractivity contribution in [1.29, 1.82) is 0 Å². The summed E-state index contributed by atoms with van der Waals surface area (Å²) in [5, 5.41) is 17.3. The largest absolute Gasteiger partial charge is 0.378 e. The van der Waals surface area contributed by atoms with Gasteiger partial charge in [0.2, 0.25) is 0 Å². The zero-order valence-corrected chi connectivity index (χ0v) is 20.8. The number of anilines is 2. The van der Waals surface area contributed by atoms with Crippen LogP contribution in [-0.2, 0) is 11.3 Å². The van der Waals surface area contributed by atoms with Crippen LogP contribution in [0.1, 0.15) is 23.4 Å². The Morgan fingerprint density at radius 3 is 2.56 bits per heavy atom. The van der Waals surface area contributed by atoms with Gasteiger partial charge in [0.15, 0.2) is 11.6 Å². The molecule has 2 aromatic carbocycles. The number of rotatable bonds is 7. The van der Waals surface area contributed by atoms with E-state index in [1.165, 1.54) is 21.6 Å². The summed E-state index contributed by atoms with van der Waals surface area (Å²) < 4.78 is 5.52. The fourth-order valence-corrected chi connectivity index (χ4v) is 5.40. The topological polar surface area (TPSA) is 53.5 Å². The van der Waals surface area contributed by atoms with E-state index < -0.39 is 0 Å². The highest BCUT2D eigenvalue weighted by atomic mass is 32.1. The number of fused-ring (bicyclic) bond motifs is 1. The van der Waals surface area contributed by atoms with Gasteiger partial charge in [-0.25, -0.2) is 0 Å². The van der Waals surface area contributed by atoms with Crippen LogP contribution in [-0.4, -0.2) is 55.5 Å². The lowest BCUT2D eigenvalue weighted by atomic mass is 10.0. The molecule has 6 nitrogen and oxygen atoms in total. The molecular weight excluding hydrogens is 442 g/mol. The fraction of sp³-hybridized carbons (Fsp3) is 0.333. The summed E-state index contributed by atoms with van der Waals surface area (Å²) in [5.41, 5.74) is 3.91. The summed E-state index contributed by atoms with van der Waals surface area (Å²) in [5.74, 6) is 1.76. The Labute approximate surface area is 205 Å². The molecule has 3 heterocycles. The van der Waals surface area contributed by atoms with Crippen molar-refractivity contribution in [1.82, 2.24) is 15.1 Å². The van der Waals surface area contributed by atoms with Crippen LogP contribution in [0.2, 0.25) is 0 Å². The SMILES string of the molecule is C[C@@H](Nc1nnc(N2CCOCC2)c2ccccc12)c1cc(-c2ccccc2CN(C)C)cs1. The van der Waals surface area contributed by atoms with Crippen molar-refractivity contribution in [3.05, 3.63) is 70.4 Å². The maximum atomic E-state index is 5.52. The minimum atomic E-state index is 0.117. The van der Waals surface area contributed by atoms with E-state index in [9.17, 15) is 0 Å². The molecule has 1 aliphatic rings. The van der Waals surface area contributed by atoms with Gasteiger partial charge in [-0.2, -0.15) is 0 Å². The summed E-state index contributed by atoms with van der Waals surface area (Å²) in [6, 6.07) is 19.5. The lowest BCUT2D eigenvalue weighted by Crippen LogP contribution is -2.37. The number of aromatic nitrogens is 2. The molecule has 34 heavy (non-hydrogen) atoms. The number of ether oxygens (including phenoxy) is 1. The van der Waals surface area contributed by atoms with Crippen LogP contribution in [0.4, 0.5) is 11.6 Å². The maximum absolute atomic E-state index is 5.52. The third-order valence-electron chi connectivity index (χ3n) is 6.19. The Morgan fingerprint density at radius 1 is 1.03 bits per heavy atom. The number of thiophene rings is 1. The molecule has 1 atom stereocenters. The summed E-state index contributed by atoms with van der Waals surface area (Å²) >= 11 is 1.78. The minimum Gasteiger partial charge on any atom is -0.378 e. The van der Waals surface area contributed by atoms with Crippen LogP contribution in [0.5, 0.6) is 0 Å². The number of hydrogen-bond donors (Lipinski definition) is 1. The Kier molecular flexibility index (Phi) is 6.76. The van der Waals surface area contributed by atoms with Gasteiger partial charge >= 0.3 is 0 Å². The molecule has 0 spiro atoms. The van der Waals surface area contributed by atoms with Crippen molar-refractivity contribution in [2.45, 2.75) is 19.5 Å². The van der Waals surface area contributed by atoms with E-state index in [2.05, 4.69) is 106 Å². The molecule has 0 aliphatic carbocycles. The van der Waals surface area contributed by atoms with Crippen molar-refractivity contribution < 1.29 is 4.74 Å². The third-order valence-corrected chi connectivity index (χ3v) is 7.31. The monoisotopic (exact) mass is 473 g/mol. The highest BCUT2D eigenvalue weighted by molar-refractivity contribution is 7.10. The third kappa shape index (κ3) is 4.78. The van der Waals surface area contributed by atoms with Gasteiger partial charge in [-0.15, -0.1) is 21.5 Å². The summed E-state index contributed by atoms with van der Waals surface area (Å²) in [7, 11) is 4.22. The Morgan fingerprint density at radius 2 is 1.76 bits per heavy atom. The maximum Gasteiger partial charge on any atom is 0.159 e. The fourth-order valence-electron chi connectivity index (χ4n) is 4.48. The van der Waals surface area contributed by atoms with Crippen molar-refractivity contribution >= 4 is 33.7 Å². The van der Waals surface area contributed by atoms with Crippen molar-refractivity contribution in [2.75, 3.05) is 50.6 Å². The molecule has 2 aromatic heterocycles. The molecule has 176 valence electrons. The smallest absolute Gasteiger partial charge is 0.159 e.